The van der Waals surface area contributed by atoms with Crippen LogP contribution in [0.4, 0.5) is 11.5 Å². The highest BCUT2D eigenvalue weighted by molar-refractivity contribution is 7.23. The average molecular weight is 359 g/mol. The normalized spacial score (nSPS) is 12.0. The van der Waals surface area contributed by atoms with Crippen molar-refractivity contribution in [3.63, 3.8) is 0 Å². The zero-order valence-electron chi connectivity index (χ0n) is 14.7. The van der Waals surface area contributed by atoms with Gasteiger partial charge in [0.1, 0.15) is 17.5 Å². The van der Waals surface area contributed by atoms with E-state index in [0.717, 1.165) is 37.6 Å². The smallest absolute Gasteiger partial charge is 0.198 e. The van der Waals surface area contributed by atoms with Gasteiger partial charge in [-0.15, -0.1) is 0 Å². The van der Waals surface area contributed by atoms with Gasteiger partial charge in [-0.1, -0.05) is 41.2 Å². The molecule has 0 aliphatic carbocycles. The molecule has 0 radical (unpaired) electrons. The lowest BCUT2D eigenvalue weighted by Crippen LogP contribution is -2.18. The van der Waals surface area contributed by atoms with Gasteiger partial charge in [-0.05, 0) is 44.0 Å². The van der Waals surface area contributed by atoms with Gasteiger partial charge in [-0.2, -0.15) is 10.2 Å². The number of hydrogen-bond donors (Lipinski definition) is 1. The van der Waals surface area contributed by atoms with Crippen LogP contribution in [0.5, 0.6) is 0 Å². The van der Waals surface area contributed by atoms with Gasteiger partial charge in [-0.3, -0.25) is 4.40 Å². The highest BCUT2D eigenvalue weighted by Crippen LogP contribution is 2.32. The number of nitrogens with zero attached hydrogens (tertiary/aromatic N) is 4. The minimum atomic E-state index is 0.295. The van der Waals surface area contributed by atoms with Crippen molar-refractivity contribution in [1.29, 1.82) is 5.26 Å². The van der Waals surface area contributed by atoms with Gasteiger partial charge < -0.3 is 5.73 Å². The zero-order valence-corrected chi connectivity index (χ0v) is 15.6. The number of rotatable bonds is 1. The zero-order chi connectivity index (χ0) is 18.4. The quantitative estimate of drug-likeness (QED) is 0.554. The second kappa shape index (κ2) is 5.97. The van der Waals surface area contributed by atoms with E-state index in [2.05, 4.69) is 35.1 Å². The Morgan fingerprint density at radius 3 is 2.46 bits per heavy atom. The summed E-state index contributed by atoms with van der Waals surface area (Å²) in [6, 6.07) is 14.1. The fraction of sp³-hybridized carbons (Fsp3) is 0.150. The number of hydrogen-bond acceptors (Lipinski definition) is 5. The molecule has 2 heterocycles. The first kappa shape index (κ1) is 16.3. The van der Waals surface area contributed by atoms with Crippen LogP contribution in [0.25, 0.3) is 15.2 Å². The number of nitrogens with two attached hydrogens (primary N) is 1. The summed E-state index contributed by atoms with van der Waals surface area (Å²) in [5.41, 5.74) is 12.2. The predicted molar refractivity (Wildman–Crippen MR) is 106 cm³/mol. The lowest BCUT2D eigenvalue weighted by Gasteiger charge is -2.06. The van der Waals surface area contributed by atoms with E-state index in [1.54, 1.807) is 11.3 Å². The molecule has 0 aliphatic rings. The third-order valence-electron chi connectivity index (χ3n) is 4.44. The van der Waals surface area contributed by atoms with E-state index in [1.165, 1.54) is 0 Å². The van der Waals surface area contributed by atoms with E-state index in [-0.39, 0.29) is 0 Å². The Hall–Kier alpha value is -3.17. The fourth-order valence-electron chi connectivity index (χ4n) is 3.01. The van der Waals surface area contributed by atoms with E-state index in [4.69, 9.17) is 5.73 Å². The van der Waals surface area contributed by atoms with Crippen LogP contribution in [-0.2, 0) is 0 Å². The maximum Gasteiger partial charge on any atom is 0.198 e. The number of anilines is 1. The van der Waals surface area contributed by atoms with Gasteiger partial charge in [0.2, 0.25) is 0 Å². The van der Waals surface area contributed by atoms with Gasteiger partial charge in [-0.25, -0.2) is 4.99 Å². The van der Waals surface area contributed by atoms with Crippen LogP contribution in [0.15, 0.2) is 41.4 Å². The molecule has 0 fully saturated rings. The van der Waals surface area contributed by atoms with Gasteiger partial charge >= 0.3 is 0 Å². The Kier molecular flexibility index (Phi) is 3.74. The number of thiazole rings is 1. The highest BCUT2D eigenvalue weighted by atomic mass is 32.1. The second-order valence-electron chi connectivity index (χ2n) is 6.35. The number of nitriles is 1. The predicted octanol–water partition coefficient (Wildman–Crippen LogP) is 4.16. The first-order valence-electron chi connectivity index (χ1n) is 8.22. The Bertz CT molecular complexity index is 1270. The lowest BCUT2D eigenvalue weighted by atomic mass is 10.1. The first-order valence-corrected chi connectivity index (χ1v) is 9.03. The summed E-state index contributed by atoms with van der Waals surface area (Å²) in [7, 11) is 0. The van der Waals surface area contributed by atoms with Crippen LogP contribution in [0.1, 0.15) is 22.3 Å². The molecule has 5 nitrogen and oxygen atoms in total. The minimum absolute atomic E-state index is 0.295. The van der Waals surface area contributed by atoms with Gasteiger partial charge in [0.15, 0.2) is 10.4 Å². The molecule has 0 saturated carbocycles. The molecule has 4 aromatic rings. The molecule has 128 valence electrons. The summed E-state index contributed by atoms with van der Waals surface area (Å²) < 4.78 is 3.00. The molecular formula is C20H17N5S. The van der Waals surface area contributed by atoms with E-state index in [1.807, 2.05) is 42.5 Å². The van der Waals surface area contributed by atoms with Crippen molar-refractivity contribution in [1.82, 2.24) is 9.38 Å². The standard InChI is InChI=1S/C20H17N5S/c1-11-4-8-14(9-5-11)23-19-15(10-21)18(22)25-16-12(2)6-7-13(3)17(16)26-20(25)24-19/h4-9H,22H2,1-3H3. The highest BCUT2D eigenvalue weighted by Gasteiger charge is 2.16. The van der Waals surface area contributed by atoms with Crippen LogP contribution in [0, 0.1) is 32.1 Å². The molecule has 0 atom stereocenters. The topological polar surface area (TPSA) is 79.5 Å². The summed E-state index contributed by atoms with van der Waals surface area (Å²) in [5.74, 6) is 0.378. The van der Waals surface area contributed by atoms with Crippen LogP contribution in [0.2, 0.25) is 0 Å². The van der Waals surface area contributed by atoms with E-state index < -0.39 is 0 Å². The van der Waals surface area contributed by atoms with E-state index >= 15 is 0 Å². The summed E-state index contributed by atoms with van der Waals surface area (Å²) in [6.07, 6.45) is 0. The van der Waals surface area contributed by atoms with Gasteiger partial charge in [0.25, 0.3) is 0 Å². The summed E-state index contributed by atoms with van der Waals surface area (Å²) in [4.78, 5) is 9.95. The molecule has 26 heavy (non-hydrogen) atoms. The van der Waals surface area contributed by atoms with Crippen molar-refractivity contribution in [2.45, 2.75) is 20.8 Å². The fourth-order valence-corrected chi connectivity index (χ4v) is 4.18. The molecule has 2 aromatic heterocycles. The van der Waals surface area contributed by atoms with E-state index in [0.29, 0.717) is 16.9 Å². The molecule has 0 saturated heterocycles. The number of aryl methyl sites for hydroxylation is 3. The number of benzene rings is 2. The summed E-state index contributed by atoms with van der Waals surface area (Å²) in [5, 5.41) is 9.67. The average Bonchev–Trinajstić information content (AvgIpc) is 3.01. The Morgan fingerprint density at radius 2 is 1.77 bits per heavy atom. The van der Waals surface area contributed by atoms with Crippen LogP contribution in [0.3, 0.4) is 0 Å². The van der Waals surface area contributed by atoms with Crippen molar-refractivity contribution in [3.8, 4) is 6.07 Å². The Morgan fingerprint density at radius 1 is 1.08 bits per heavy atom. The maximum absolute atomic E-state index is 9.67. The van der Waals surface area contributed by atoms with Crippen molar-refractivity contribution < 1.29 is 0 Å². The summed E-state index contributed by atoms with van der Waals surface area (Å²) >= 11 is 1.57. The van der Waals surface area contributed by atoms with Crippen molar-refractivity contribution in [2.24, 2.45) is 4.99 Å². The molecule has 0 amide bonds. The SMILES string of the molecule is Cc1ccc(N=c2nc3sc4c(C)ccc(C)c4n3c(N)c2C#N)cc1. The van der Waals surface area contributed by atoms with Crippen LogP contribution >= 0.6 is 11.3 Å². The number of aromatic nitrogens is 2. The molecule has 2 N–H and O–H groups in total. The molecule has 4 rings (SSSR count). The third-order valence-corrected chi connectivity index (χ3v) is 5.62. The molecular weight excluding hydrogens is 342 g/mol. The van der Waals surface area contributed by atoms with Gasteiger partial charge in [0.05, 0.1) is 15.9 Å². The van der Waals surface area contributed by atoms with Crippen molar-refractivity contribution in [3.05, 3.63) is 64.1 Å². The lowest BCUT2D eigenvalue weighted by molar-refractivity contribution is 1.08. The number of fused-ring (bicyclic) bond motifs is 3. The Labute approximate surface area is 154 Å². The maximum atomic E-state index is 9.67. The van der Waals surface area contributed by atoms with Crippen molar-refractivity contribution >= 4 is 38.0 Å². The number of nitrogen functional groups attached to an aromatic ring is 1. The first-order chi connectivity index (χ1) is 12.5. The second-order valence-corrected chi connectivity index (χ2v) is 7.33. The van der Waals surface area contributed by atoms with E-state index in [9.17, 15) is 5.26 Å². The molecule has 2 aromatic carbocycles. The molecule has 6 heteroatoms. The summed E-state index contributed by atoms with van der Waals surface area (Å²) in [6.45, 7) is 6.12. The molecule has 0 aliphatic heterocycles. The van der Waals surface area contributed by atoms with Crippen LogP contribution in [-0.4, -0.2) is 9.38 Å². The molecule has 0 unspecified atom stereocenters. The van der Waals surface area contributed by atoms with Crippen molar-refractivity contribution in [2.75, 3.05) is 5.73 Å². The van der Waals surface area contributed by atoms with Crippen LogP contribution < -0.4 is 11.2 Å². The monoisotopic (exact) mass is 359 g/mol. The largest absolute Gasteiger partial charge is 0.384 e. The third kappa shape index (κ3) is 2.45. The Balaban J connectivity index is 2.12. The van der Waals surface area contributed by atoms with Gasteiger partial charge in [0, 0.05) is 0 Å². The molecule has 0 spiro atoms. The minimum Gasteiger partial charge on any atom is -0.384 e. The molecule has 0 bridgehead atoms.